The quantitative estimate of drug-likeness (QED) is 0.860. The van der Waals surface area contributed by atoms with Crippen LogP contribution in [-0.4, -0.2) is 58.7 Å². The van der Waals surface area contributed by atoms with Crippen LogP contribution in [0, 0.1) is 5.92 Å². The Morgan fingerprint density at radius 1 is 1.25 bits per heavy atom. The molecule has 1 aliphatic heterocycles. The van der Waals surface area contributed by atoms with Crippen molar-refractivity contribution in [3.05, 3.63) is 24.8 Å². The normalized spacial score (nSPS) is 15.6. The molecular formula is C17H23N5O2. The molecule has 3 heterocycles. The highest BCUT2D eigenvalue weighted by atomic mass is 16.6. The SMILES string of the molecule is CC(C)COC(=O)N1CCCN(c2nccc3ncncc23)CC1. The molecule has 1 saturated heterocycles. The van der Waals surface area contributed by atoms with Crippen molar-refractivity contribution in [1.29, 1.82) is 0 Å². The van der Waals surface area contributed by atoms with E-state index in [2.05, 4.69) is 19.9 Å². The molecule has 0 radical (unpaired) electrons. The number of nitrogens with zero attached hydrogens (tertiary/aromatic N) is 5. The third-order valence-electron chi connectivity index (χ3n) is 4.01. The first-order valence-electron chi connectivity index (χ1n) is 8.36. The van der Waals surface area contributed by atoms with Crippen LogP contribution in [0.25, 0.3) is 10.9 Å². The van der Waals surface area contributed by atoms with Crippen molar-refractivity contribution in [2.75, 3.05) is 37.7 Å². The Morgan fingerprint density at radius 2 is 2.12 bits per heavy atom. The smallest absolute Gasteiger partial charge is 0.409 e. The molecule has 1 aliphatic rings. The van der Waals surface area contributed by atoms with Crippen LogP contribution in [0.15, 0.2) is 24.8 Å². The molecule has 0 spiro atoms. The zero-order chi connectivity index (χ0) is 16.9. The fraction of sp³-hybridized carbons (Fsp3) is 0.529. The van der Waals surface area contributed by atoms with E-state index in [-0.39, 0.29) is 6.09 Å². The van der Waals surface area contributed by atoms with Crippen LogP contribution in [0.2, 0.25) is 0 Å². The minimum atomic E-state index is -0.222. The van der Waals surface area contributed by atoms with E-state index in [0.717, 1.165) is 36.2 Å². The van der Waals surface area contributed by atoms with E-state index in [9.17, 15) is 4.79 Å². The second kappa shape index (κ2) is 7.42. The summed E-state index contributed by atoms with van der Waals surface area (Å²) in [6.45, 7) is 7.42. The number of hydrogen-bond donors (Lipinski definition) is 0. The lowest BCUT2D eigenvalue weighted by molar-refractivity contribution is 0.0943. The molecule has 0 unspecified atom stereocenters. The zero-order valence-electron chi connectivity index (χ0n) is 14.2. The summed E-state index contributed by atoms with van der Waals surface area (Å²) < 4.78 is 5.34. The molecule has 0 aliphatic carbocycles. The van der Waals surface area contributed by atoms with Gasteiger partial charge in [-0.3, -0.25) is 0 Å². The van der Waals surface area contributed by atoms with E-state index in [4.69, 9.17) is 4.74 Å². The monoisotopic (exact) mass is 329 g/mol. The maximum atomic E-state index is 12.2. The van der Waals surface area contributed by atoms with Crippen molar-refractivity contribution in [3.63, 3.8) is 0 Å². The first-order chi connectivity index (χ1) is 11.6. The predicted molar refractivity (Wildman–Crippen MR) is 91.9 cm³/mol. The van der Waals surface area contributed by atoms with Gasteiger partial charge in [0.15, 0.2) is 0 Å². The number of anilines is 1. The summed E-state index contributed by atoms with van der Waals surface area (Å²) in [4.78, 5) is 29.0. The Balaban J connectivity index is 1.70. The van der Waals surface area contributed by atoms with E-state index in [1.165, 1.54) is 0 Å². The predicted octanol–water partition coefficient (Wildman–Crippen LogP) is 2.33. The third kappa shape index (κ3) is 3.72. The standard InChI is InChI=1S/C17H23N5O2/c1-13(2)11-24-17(23)22-7-3-6-21(8-9-22)16-14-10-18-12-20-15(14)4-5-19-16/h4-5,10,12-13H,3,6-9,11H2,1-2H3. The van der Waals surface area contributed by atoms with Gasteiger partial charge in [-0.15, -0.1) is 0 Å². The lowest BCUT2D eigenvalue weighted by Crippen LogP contribution is -2.36. The summed E-state index contributed by atoms with van der Waals surface area (Å²) in [6.07, 6.45) is 5.76. The van der Waals surface area contributed by atoms with Crippen LogP contribution in [0.5, 0.6) is 0 Å². The van der Waals surface area contributed by atoms with Crippen molar-refractivity contribution in [3.8, 4) is 0 Å². The second-order valence-corrected chi connectivity index (χ2v) is 6.39. The molecule has 0 atom stereocenters. The average Bonchev–Trinajstić information content (AvgIpc) is 2.85. The van der Waals surface area contributed by atoms with Gasteiger partial charge in [0, 0.05) is 38.6 Å². The van der Waals surface area contributed by atoms with Gasteiger partial charge in [0.1, 0.15) is 12.1 Å². The lowest BCUT2D eigenvalue weighted by Gasteiger charge is -2.23. The average molecular weight is 329 g/mol. The van der Waals surface area contributed by atoms with Crippen molar-refractivity contribution in [1.82, 2.24) is 19.9 Å². The lowest BCUT2D eigenvalue weighted by atomic mass is 10.2. The maximum absolute atomic E-state index is 12.2. The Bertz CT molecular complexity index is 701. The topological polar surface area (TPSA) is 71.5 Å². The van der Waals surface area contributed by atoms with Gasteiger partial charge in [-0.1, -0.05) is 13.8 Å². The second-order valence-electron chi connectivity index (χ2n) is 6.39. The van der Waals surface area contributed by atoms with Crippen molar-refractivity contribution >= 4 is 22.8 Å². The molecule has 0 N–H and O–H groups in total. The largest absolute Gasteiger partial charge is 0.449 e. The molecule has 2 aromatic heterocycles. The molecule has 0 bridgehead atoms. The fourth-order valence-electron chi connectivity index (χ4n) is 2.79. The first kappa shape index (κ1) is 16.4. The fourth-order valence-corrected chi connectivity index (χ4v) is 2.79. The van der Waals surface area contributed by atoms with Gasteiger partial charge in [0.2, 0.25) is 0 Å². The van der Waals surface area contributed by atoms with Crippen molar-refractivity contribution < 1.29 is 9.53 Å². The van der Waals surface area contributed by atoms with E-state index < -0.39 is 0 Å². The summed E-state index contributed by atoms with van der Waals surface area (Å²) in [6, 6.07) is 1.88. The molecule has 1 fully saturated rings. The third-order valence-corrected chi connectivity index (χ3v) is 4.01. The summed E-state index contributed by atoms with van der Waals surface area (Å²) in [5.41, 5.74) is 0.882. The Hall–Kier alpha value is -2.44. The maximum Gasteiger partial charge on any atom is 0.409 e. The molecule has 24 heavy (non-hydrogen) atoms. The highest BCUT2D eigenvalue weighted by molar-refractivity contribution is 5.88. The van der Waals surface area contributed by atoms with Crippen LogP contribution < -0.4 is 4.90 Å². The van der Waals surface area contributed by atoms with Crippen LogP contribution in [0.3, 0.4) is 0 Å². The van der Waals surface area contributed by atoms with Gasteiger partial charge in [-0.2, -0.15) is 0 Å². The number of aromatic nitrogens is 3. The van der Waals surface area contributed by atoms with Crippen LogP contribution in [0.4, 0.5) is 10.6 Å². The van der Waals surface area contributed by atoms with Gasteiger partial charge in [-0.05, 0) is 18.4 Å². The molecule has 7 nitrogen and oxygen atoms in total. The van der Waals surface area contributed by atoms with E-state index in [0.29, 0.717) is 25.6 Å². The number of carbonyl (C=O) groups excluding carboxylic acids is 1. The zero-order valence-corrected chi connectivity index (χ0v) is 14.2. The van der Waals surface area contributed by atoms with Crippen LogP contribution in [0.1, 0.15) is 20.3 Å². The highest BCUT2D eigenvalue weighted by Crippen LogP contribution is 2.23. The molecule has 0 aromatic carbocycles. The van der Waals surface area contributed by atoms with E-state index >= 15 is 0 Å². The van der Waals surface area contributed by atoms with Gasteiger partial charge in [-0.25, -0.2) is 19.7 Å². The van der Waals surface area contributed by atoms with Crippen LogP contribution in [-0.2, 0) is 4.74 Å². The summed E-state index contributed by atoms with van der Waals surface area (Å²) in [5.74, 6) is 1.22. The molecule has 7 heteroatoms. The van der Waals surface area contributed by atoms with E-state index in [1.54, 1.807) is 23.6 Å². The summed E-state index contributed by atoms with van der Waals surface area (Å²) in [7, 11) is 0. The summed E-state index contributed by atoms with van der Waals surface area (Å²) in [5, 5.41) is 0.941. The molecular weight excluding hydrogens is 306 g/mol. The number of rotatable bonds is 3. The number of amides is 1. The number of pyridine rings is 1. The Morgan fingerprint density at radius 3 is 2.96 bits per heavy atom. The van der Waals surface area contributed by atoms with Crippen molar-refractivity contribution in [2.45, 2.75) is 20.3 Å². The van der Waals surface area contributed by atoms with Gasteiger partial charge >= 0.3 is 6.09 Å². The van der Waals surface area contributed by atoms with Gasteiger partial charge in [0.25, 0.3) is 0 Å². The summed E-state index contributed by atoms with van der Waals surface area (Å²) >= 11 is 0. The Kier molecular flexibility index (Phi) is 5.08. The number of hydrogen-bond acceptors (Lipinski definition) is 6. The van der Waals surface area contributed by atoms with Gasteiger partial charge < -0.3 is 14.5 Å². The Labute approximate surface area is 141 Å². The highest BCUT2D eigenvalue weighted by Gasteiger charge is 2.22. The number of carbonyl (C=O) groups is 1. The number of fused-ring (bicyclic) bond motifs is 1. The molecule has 1 amide bonds. The molecule has 2 aromatic rings. The van der Waals surface area contributed by atoms with Crippen molar-refractivity contribution in [2.24, 2.45) is 5.92 Å². The molecule has 0 saturated carbocycles. The van der Waals surface area contributed by atoms with E-state index in [1.807, 2.05) is 19.9 Å². The van der Waals surface area contributed by atoms with Gasteiger partial charge in [0.05, 0.1) is 17.5 Å². The molecule has 128 valence electrons. The first-order valence-corrected chi connectivity index (χ1v) is 8.36. The molecule has 3 rings (SSSR count). The minimum absolute atomic E-state index is 0.222. The number of ether oxygens (including phenoxy) is 1. The van der Waals surface area contributed by atoms with Crippen LogP contribution >= 0.6 is 0 Å². The minimum Gasteiger partial charge on any atom is -0.449 e.